The fourth-order valence-electron chi connectivity index (χ4n) is 5.52. The Balaban J connectivity index is 1.34. The predicted octanol–water partition coefficient (Wildman–Crippen LogP) is 3.26. The number of benzene rings is 1. The molecule has 0 radical (unpaired) electrons. The van der Waals surface area contributed by atoms with Gasteiger partial charge in [0.2, 0.25) is 11.8 Å². The normalized spacial score (nSPS) is 23.3. The number of piperazine rings is 1. The van der Waals surface area contributed by atoms with Crippen molar-refractivity contribution in [3.05, 3.63) is 53.0 Å². The number of nitrogens with one attached hydrogen (secondary N) is 1. The minimum Gasteiger partial charge on any atom is -0.353 e. The Bertz CT molecular complexity index is 1110. The zero-order valence-electron chi connectivity index (χ0n) is 19.5. The van der Waals surface area contributed by atoms with Crippen LogP contribution in [0.4, 0.5) is 19.0 Å². The Morgan fingerprint density at radius 2 is 1.77 bits per heavy atom. The Morgan fingerprint density at radius 1 is 1.06 bits per heavy atom. The summed E-state index contributed by atoms with van der Waals surface area (Å²) >= 11 is 0. The third-order valence-corrected chi connectivity index (χ3v) is 7.44. The van der Waals surface area contributed by atoms with Crippen LogP contribution >= 0.6 is 0 Å². The lowest BCUT2D eigenvalue weighted by atomic mass is 9.88. The molecule has 2 aliphatic heterocycles. The largest absolute Gasteiger partial charge is 0.416 e. The number of hydrogen-bond acceptors (Lipinski definition) is 5. The number of amides is 2. The summed E-state index contributed by atoms with van der Waals surface area (Å²) in [6, 6.07) is 4.29. The Morgan fingerprint density at radius 3 is 2.40 bits per heavy atom. The molecule has 2 aromatic rings. The zero-order valence-corrected chi connectivity index (χ0v) is 19.5. The molecule has 1 N–H and O–H groups in total. The highest BCUT2D eigenvalue weighted by atomic mass is 19.4. The smallest absolute Gasteiger partial charge is 0.353 e. The number of nitrogens with zero attached hydrogens (tertiary/aromatic N) is 4. The summed E-state index contributed by atoms with van der Waals surface area (Å²) in [5.41, 5.74) is 2.02. The molecular formula is C25H28F3N5O2. The highest BCUT2D eigenvalue weighted by Gasteiger charge is 2.39. The van der Waals surface area contributed by atoms with Crippen LogP contribution in [0.1, 0.15) is 60.4 Å². The standard InChI is InChI=1S/C25H28F3N5O2/c1-15-2-7-18-21(15)23(30-14-29-18)32-10-12-33(13-11-32)24(35)22(19-8-9-20(34)31-19)16-3-5-17(6-4-16)25(26,27)28/h3-6,14-15,19,22H,2,7-13H2,1H3,(H,31,34)/t15-,19-,22?/m1/s1. The van der Waals surface area contributed by atoms with Crippen molar-refractivity contribution >= 4 is 17.6 Å². The molecule has 3 atom stereocenters. The maximum atomic E-state index is 13.7. The van der Waals surface area contributed by atoms with E-state index in [1.807, 2.05) is 0 Å². The first-order valence-corrected chi connectivity index (χ1v) is 12.1. The lowest BCUT2D eigenvalue weighted by Gasteiger charge is -2.38. The monoisotopic (exact) mass is 487 g/mol. The van der Waals surface area contributed by atoms with Crippen LogP contribution < -0.4 is 10.2 Å². The number of fused-ring (bicyclic) bond motifs is 1. The van der Waals surface area contributed by atoms with Crippen molar-refractivity contribution in [2.24, 2.45) is 0 Å². The highest BCUT2D eigenvalue weighted by Crippen LogP contribution is 2.38. The molecule has 1 unspecified atom stereocenters. The van der Waals surface area contributed by atoms with E-state index in [1.165, 1.54) is 17.7 Å². The van der Waals surface area contributed by atoms with Gasteiger partial charge in [-0.2, -0.15) is 13.2 Å². The van der Waals surface area contributed by atoms with Crippen molar-refractivity contribution in [3.8, 4) is 0 Å². The molecule has 1 aromatic carbocycles. The number of aryl methyl sites for hydroxylation is 1. The molecule has 186 valence electrons. The van der Waals surface area contributed by atoms with Crippen molar-refractivity contribution in [3.63, 3.8) is 0 Å². The molecule has 2 saturated heterocycles. The van der Waals surface area contributed by atoms with E-state index in [0.717, 1.165) is 36.5 Å². The van der Waals surface area contributed by atoms with Crippen LogP contribution in [-0.4, -0.2) is 58.9 Å². The van der Waals surface area contributed by atoms with Gasteiger partial charge in [-0.15, -0.1) is 0 Å². The second kappa shape index (κ2) is 9.13. The second-order valence-corrected chi connectivity index (χ2v) is 9.62. The minimum absolute atomic E-state index is 0.142. The van der Waals surface area contributed by atoms with E-state index in [-0.39, 0.29) is 11.8 Å². The quantitative estimate of drug-likeness (QED) is 0.717. The van der Waals surface area contributed by atoms with Crippen LogP contribution in [0.3, 0.4) is 0 Å². The molecule has 2 fully saturated rings. The van der Waals surface area contributed by atoms with Crippen LogP contribution in [0, 0.1) is 0 Å². The van der Waals surface area contributed by atoms with Gasteiger partial charge in [0.25, 0.3) is 0 Å². The fraction of sp³-hybridized carbons (Fsp3) is 0.520. The summed E-state index contributed by atoms with van der Waals surface area (Å²) in [7, 11) is 0. The number of alkyl halides is 3. The summed E-state index contributed by atoms with van der Waals surface area (Å²) in [4.78, 5) is 38.5. The lowest BCUT2D eigenvalue weighted by molar-refractivity contribution is -0.137. The van der Waals surface area contributed by atoms with Gasteiger partial charge in [0.1, 0.15) is 12.1 Å². The van der Waals surface area contributed by atoms with Crippen molar-refractivity contribution in [1.29, 1.82) is 0 Å². The summed E-state index contributed by atoms with van der Waals surface area (Å²) in [5.74, 6) is 0.304. The van der Waals surface area contributed by atoms with Crippen LogP contribution in [-0.2, 0) is 22.2 Å². The third kappa shape index (κ3) is 4.58. The summed E-state index contributed by atoms with van der Waals surface area (Å²) in [6.07, 6.45) is -0.0589. The maximum absolute atomic E-state index is 13.7. The predicted molar refractivity (Wildman–Crippen MR) is 123 cm³/mol. The average Bonchev–Trinajstić information content (AvgIpc) is 3.44. The molecule has 0 saturated carbocycles. The number of rotatable bonds is 4. The van der Waals surface area contributed by atoms with Gasteiger partial charge in [-0.25, -0.2) is 9.97 Å². The number of anilines is 1. The van der Waals surface area contributed by atoms with Gasteiger partial charge in [0.15, 0.2) is 0 Å². The van der Waals surface area contributed by atoms with Crippen molar-refractivity contribution in [2.45, 2.75) is 56.7 Å². The molecule has 10 heteroatoms. The molecule has 5 rings (SSSR count). The number of carbonyl (C=O) groups excluding carboxylic acids is 2. The Kier molecular flexibility index (Phi) is 6.14. The van der Waals surface area contributed by atoms with Gasteiger partial charge in [-0.3, -0.25) is 9.59 Å². The number of carbonyl (C=O) groups is 2. The topological polar surface area (TPSA) is 78.4 Å². The second-order valence-electron chi connectivity index (χ2n) is 9.62. The van der Waals surface area contributed by atoms with E-state index in [4.69, 9.17) is 0 Å². The molecule has 3 heterocycles. The van der Waals surface area contributed by atoms with E-state index >= 15 is 0 Å². The lowest BCUT2D eigenvalue weighted by Crippen LogP contribution is -2.52. The average molecular weight is 488 g/mol. The summed E-state index contributed by atoms with van der Waals surface area (Å²) < 4.78 is 39.2. The first kappa shape index (κ1) is 23.6. The molecule has 7 nitrogen and oxygen atoms in total. The van der Waals surface area contributed by atoms with E-state index in [9.17, 15) is 22.8 Å². The summed E-state index contributed by atoms with van der Waals surface area (Å²) in [6.45, 7) is 4.36. The third-order valence-electron chi connectivity index (χ3n) is 7.44. The maximum Gasteiger partial charge on any atom is 0.416 e. The number of halogens is 3. The zero-order chi connectivity index (χ0) is 24.7. The first-order chi connectivity index (χ1) is 16.7. The molecule has 1 aliphatic carbocycles. The van der Waals surface area contributed by atoms with Gasteiger partial charge < -0.3 is 15.1 Å². The molecule has 35 heavy (non-hydrogen) atoms. The van der Waals surface area contributed by atoms with Crippen molar-refractivity contribution in [1.82, 2.24) is 20.2 Å². The van der Waals surface area contributed by atoms with Crippen LogP contribution in [0.5, 0.6) is 0 Å². The van der Waals surface area contributed by atoms with Gasteiger partial charge in [-0.1, -0.05) is 19.1 Å². The van der Waals surface area contributed by atoms with Crippen LogP contribution in [0.15, 0.2) is 30.6 Å². The number of hydrogen-bond donors (Lipinski definition) is 1. The van der Waals surface area contributed by atoms with Crippen LogP contribution in [0.25, 0.3) is 0 Å². The molecule has 2 amide bonds. The van der Waals surface area contributed by atoms with E-state index in [1.54, 1.807) is 11.2 Å². The first-order valence-electron chi connectivity index (χ1n) is 12.1. The highest BCUT2D eigenvalue weighted by molar-refractivity contribution is 5.87. The Hall–Kier alpha value is -3.17. The van der Waals surface area contributed by atoms with E-state index in [0.29, 0.717) is 50.5 Å². The van der Waals surface area contributed by atoms with Gasteiger partial charge >= 0.3 is 6.18 Å². The molecular weight excluding hydrogens is 459 g/mol. The van der Waals surface area contributed by atoms with Gasteiger partial charge in [0, 0.05) is 49.9 Å². The van der Waals surface area contributed by atoms with E-state index in [2.05, 4.69) is 27.1 Å². The Labute approximate surface area is 201 Å². The minimum atomic E-state index is -4.45. The summed E-state index contributed by atoms with van der Waals surface area (Å²) in [5, 5.41) is 2.85. The van der Waals surface area contributed by atoms with E-state index < -0.39 is 23.7 Å². The SMILES string of the molecule is C[C@@H]1CCc2ncnc(N3CCN(C(=O)C(c4ccc(C(F)(F)F)cc4)[C@H]4CCC(=O)N4)CC3)c21. The molecule has 1 aromatic heterocycles. The van der Waals surface area contributed by atoms with Gasteiger partial charge in [0.05, 0.1) is 11.5 Å². The van der Waals surface area contributed by atoms with Crippen molar-refractivity contribution in [2.75, 3.05) is 31.1 Å². The fourth-order valence-corrected chi connectivity index (χ4v) is 5.52. The number of aromatic nitrogens is 2. The molecule has 0 spiro atoms. The molecule has 3 aliphatic rings. The van der Waals surface area contributed by atoms with Crippen LogP contribution in [0.2, 0.25) is 0 Å². The van der Waals surface area contributed by atoms with Crippen molar-refractivity contribution < 1.29 is 22.8 Å². The molecule has 0 bridgehead atoms. The van der Waals surface area contributed by atoms with Gasteiger partial charge in [-0.05, 0) is 42.9 Å².